The fourth-order valence-electron chi connectivity index (χ4n) is 3.15. The van der Waals surface area contributed by atoms with E-state index in [0.717, 1.165) is 43.4 Å². The summed E-state index contributed by atoms with van der Waals surface area (Å²) in [5.41, 5.74) is 1.13. The van der Waals surface area contributed by atoms with Crippen molar-refractivity contribution in [3.8, 4) is 0 Å². The van der Waals surface area contributed by atoms with E-state index in [2.05, 4.69) is 27.4 Å². The van der Waals surface area contributed by atoms with Gasteiger partial charge in [0.2, 0.25) is 0 Å². The predicted molar refractivity (Wildman–Crippen MR) is 119 cm³/mol. The number of piperidine rings is 1. The number of nitrogens with zero attached hydrogens (tertiary/aromatic N) is 2. The lowest BCUT2D eigenvalue weighted by Gasteiger charge is -2.30. The van der Waals surface area contributed by atoms with Gasteiger partial charge in [-0.15, -0.1) is 24.0 Å². The van der Waals surface area contributed by atoms with E-state index >= 15 is 0 Å². The highest BCUT2D eigenvalue weighted by Gasteiger charge is 2.14. The van der Waals surface area contributed by atoms with Crippen LogP contribution in [0.2, 0.25) is 0 Å². The van der Waals surface area contributed by atoms with Gasteiger partial charge in [-0.05, 0) is 75.4 Å². The second kappa shape index (κ2) is 13.3. The summed E-state index contributed by atoms with van der Waals surface area (Å²) >= 11 is 0. The molecular formula is C20H34FIN4. The van der Waals surface area contributed by atoms with Crippen LogP contribution in [0.4, 0.5) is 4.39 Å². The van der Waals surface area contributed by atoms with Crippen LogP contribution in [0.15, 0.2) is 29.3 Å². The number of halogens is 2. The minimum Gasteiger partial charge on any atom is -0.356 e. The van der Waals surface area contributed by atoms with Gasteiger partial charge in [0, 0.05) is 20.1 Å². The van der Waals surface area contributed by atoms with Gasteiger partial charge in [-0.25, -0.2) is 4.39 Å². The minimum atomic E-state index is -0.187. The van der Waals surface area contributed by atoms with E-state index in [-0.39, 0.29) is 29.8 Å². The standard InChI is InChI=1S/C20H33FN4.HI/c1-17-10-15-25(16-11-17)14-4-3-12-23-20(22-2)24-13-9-18-5-7-19(21)8-6-18;/h5-8,17H,3-4,9-16H2,1-2H3,(H2,22,23,24);1H. The zero-order valence-corrected chi connectivity index (χ0v) is 18.5. The van der Waals surface area contributed by atoms with Crippen molar-refractivity contribution in [2.24, 2.45) is 10.9 Å². The van der Waals surface area contributed by atoms with Crippen molar-refractivity contribution in [1.82, 2.24) is 15.5 Å². The SMILES string of the molecule is CN=C(NCCCCN1CCC(C)CC1)NCCc1ccc(F)cc1.I. The number of likely N-dealkylation sites (tertiary alicyclic amines) is 1. The molecular weight excluding hydrogens is 442 g/mol. The first-order valence-electron chi connectivity index (χ1n) is 9.58. The number of rotatable bonds is 8. The van der Waals surface area contributed by atoms with Gasteiger partial charge < -0.3 is 15.5 Å². The van der Waals surface area contributed by atoms with E-state index in [4.69, 9.17) is 0 Å². The lowest BCUT2D eigenvalue weighted by molar-refractivity contribution is 0.189. The average molecular weight is 476 g/mol. The number of hydrogen-bond acceptors (Lipinski definition) is 2. The van der Waals surface area contributed by atoms with Crippen LogP contribution >= 0.6 is 24.0 Å². The summed E-state index contributed by atoms with van der Waals surface area (Å²) in [5.74, 6) is 1.56. The third-order valence-electron chi connectivity index (χ3n) is 4.91. The molecule has 1 aliphatic heterocycles. The van der Waals surface area contributed by atoms with Crippen molar-refractivity contribution in [2.45, 2.75) is 39.0 Å². The minimum absolute atomic E-state index is 0. The third-order valence-corrected chi connectivity index (χ3v) is 4.91. The molecule has 0 radical (unpaired) electrons. The fourth-order valence-corrected chi connectivity index (χ4v) is 3.15. The maximum atomic E-state index is 12.9. The highest BCUT2D eigenvalue weighted by Crippen LogP contribution is 2.16. The fraction of sp³-hybridized carbons (Fsp3) is 0.650. The molecule has 0 atom stereocenters. The first-order valence-corrected chi connectivity index (χ1v) is 9.58. The van der Waals surface area contributed by atoms with Crippen molar-refractivity contribution in [3.05, 3.63) is 35.6 Å². The molecule has 148 valence electrons. The lowest BCUT2D eigenvalue weighted by Crippen LogP contribution is -2.39. The number of benzene rings is 1. The Kier molecular flexibility index (Phi) is 11.8. The van der Waals surface area contributed by atoms with Gasteiger partial charge in [-0.3, -0.25) is 4.99 Å². The second-order valence-electron chi connectivity index (χ2n) is 7.03. The molecule has 0 unspecified atom stereocenters. The van der Waals surface area contributed by atoms with Gasteiger partial charge in [0.15, 0.2) is 5.96 Å². The Bertz CT molecular complexity index is 513. The molecule has 2 N–H and O–H groups in total. The van der Waals surface area contributed by atoms with E-state index in [1.54, 1.807) is 7.05 Å². The molecule has 6 heteroatoms. The molecule has 1 aromatic carbocycles. The molecule has 1 saturated heterocycles. The van der Waals surface area contributed by atoms with Crippen molar-refractivity contribution in [3.63, 3.8) is 0 Å². The predicted octanol–water partition coefficient (Wildman–Crippen LogP) is 3.66. The summed E-state index contributed by atoms with van der Waals surface area (Å²) in [4.78, 5) is 6.85. The van der Waals surface area contributed by atoms with Crippen LogP contribution in [0.3, 0.4) is 0 Å². The van der Waals surface area contributed by atoms with E-state index in [1.165, 1.54) is 51.0 Å². The van der Waals surface area contributed by atoms with Crippen LogP contribution in [-0.2, 0) is 6.42 Å². The monoisotopic (exact) mass is 476 g/mol. The molecule has 0 spiro atoms. The molecule has 0 aliphatic carbocycles. The van der Waals surface area contributed by atoms with E-state index in [1.807, 2.05) is 12.1 Å². The van der Waals surface area contributed by atoms with E-state index in [9.17, 15) is 4.39 Å². The molecule has 1 aromatic rings. The molecule has 4 nitrogen and oxygen atoms in total. The molecule has 0 aromatic heterocycles. The first-order chi connectivity index (χ1) is 12.2. The van der Waals surface area contributed by atoms with Crippen molar-refractivity contribution in [2.75, 3.05) is 39.8 Å². The summed E-state index contributed by atoms with van der Waals surface area (Å²) in [6, 6.07) is 6.67. The smallest absolute Gasteiger partial charge is 0.190 e. The van der Waals surface area contributed by atoms with Crippen molar-refractivity contribution < 1.29 is 4.39 Å². The normalized spacial score (nSPS) is 16.2. The maximum Gasteiger partial charge on any atom is 0.190 e. The highest BCUT2D eigenvalue weighted by molar-refractivity contribution is 14.0. The Hall–Kier alpha value is -0.890. The van der Waals surface area contributed by atoms with Crippen LogP contribution < -0.4 is 10.6 Å². The van der Waals surface area contributed by atoms with E-state index in [0.29, 0.717) is 0 Å². The van der Waals surface area contributed by atoms with Crippen LogP contribution in [0.5, 0.6) is 0 Å². The van der Waals surface area contributed by atoms with Gasteiger partial charge in [0.05, 0.1) is 0 Å². The summed E-state index contributed by atoms with van der Waals surface area (Å²) in [6.45, 7) is 7.83. The Balaban J connectivity index is 0.00000338. The van der Waals surface area contributed by atoms with E-state index < -0.39 is 0 Å². The molecule has 1 heterocycles. The Labute approximate surface area is 175 Å². The lowest BCUT2D eigenvalue weighted by atomic mass is 9.99. The van der Waals surface area contributed by atoms with Crippen molar-refractivity contribution in [1.29, 1.82) is 0 Å². The largest absolute Gasteiger partial charge is 0.356 e. The number of guanidine groups is 1. The first kappa shape index (κ1) is 23.1. The quantitative estimate of drug-likeness (QED) is 0.261. The Morgan fingerprint density at radius 1 is 1.12 bits per heavy atom. The van der Waals surface area contributed by atoms with Gasteiger partial charge in [0.25, 0.3) is 0 Å². The summed E-state index contributed by atoms with van der Waals surface area (Å²) in [5, 5.41) is 6.68. The summed E-state index contributed by atoms with van der Waals surface area (Å²) in [6.07, 6.45) is 5.94. The Morgan fingerprint density at radius 3 is 2.42 bits per heavy atom. The summed E-state index contributed by atoms with van der Waals surface area (Å²) < 4.78 is 12.9. The molecule has 0 saturated carbocycles. The molecule has 0 bridgehead atoms. The maximum absolute atomic E-state index is 12.9. The van der Waals surface area contributed by atoms with Gasteiger partial charge >= 0.3 is 0 Å². The van der Waals surface area contributed by atoms with Gasteiger partial charge in [0.1, 0.15) is 5.82 Å². The molecule has 0 amide bonds. The van der Waals surface area contributed by atoms with Gasteiger partial charge in [-0.1, -0.05) is 19.1 Å². The van der Waals surface area contributed by atoms with Crippen LogP contribution in [-0.4, -0.2) is 50.6 Å². The van der Waals surface area contributed by atoms with Crippen LogP contribution in [0, 0.1) is 11.7 Å². The number of aliphatic imine (C=N–C) groups is 1. The number of unbranched alkanes of at least 4 members (excludes halogenated alkanes) is 1. The molecule has 26 heavy (non-hydrogen) atoms. The van der Waals surface area contributed by atoms with Crippen LogP contribution in [0.1, 0.15) is 38.2 Å². The Morgan fingerprint density at radius 2 is 1.77 bits per heavy atom. The van der Waals surface area contributed by atoms with Crippen molar-refractivity contribution >= 4 is 29.9 Å². The molecule has 1 fully saturated rings. The highest BCUT2D eigenvalue weighted by atomic mass is 127. The molecule has 1 aliphatic rings. The van der Waals surface area contributed by atoms with Crippen LogP contribution in [0.25, 0.3) is 0 Å². The summed E-state index contributed by atoms with van der Waals surface area (Å²) in [7, 11) is 1.79. The zero-order chi connectivity index (χ0) is 17.9. The number of hydrogen-bond donors (Lipinski definition) is 2. The topological polar surface area (TPSA) is 39.7 Å². The third kappa shape index (κ3) is 9.16. The average Bonchev–Trinajstić information content (AvgIpc) is 2.63. The number of nitrogens with one attached hydrogen (secondary N) is 2. The second-order valence-corrected chi connectivity index (χ2v) is 7.03. The zero-order valence-electron chi connectivity index (χ0n) is 16.1. The van der Waals surface area contributed by atoms with Gasteiger partial charge in [-0.2, -0.15) is 0 Å². The molecule has 2 rings (SSSR count).